The molecule has 0 saturated carbocycles. The fourth-order valence-electron chi connectivity index (χ4n) is 1.24. The number of carbonyl (C=O) groups excluding carboxylic acids is 1. The third-order valence-corrected chi connectivity index (χ3v) is 1.80. The summed E-state index contributed by atoms with van der Waals surface area (Å²) in [7, 11) is 0. The Hall–Kier alpha value is -1.31. The van der Waals surface area contributed by atoms with Crippen LogP contribution in [0.4, 0.5) is 0 Å². The van der Waals surface area contributed by atoms with E-state index in [2.05, 4.69) is 6.92 Å². The predicted octanol–water partition coefficient (Wildman–Crippen LogP) is 2.22. The lowest BCUT2D eigenvalue weighted by Crippen LogP contribution is -2.00. The van der Waals surface area contributed by atoms with Crippen LogP contribution in [-0.4, -0.2) is 12.9 Å². The van der Waals surface area contributed by atoms with Crippen molar-refractivity contribution in [1.29, 1.82) is 0 Å². The van der Waals surface area contributed by atoms with E-state index in [0.717, 1.165) is 24.9 Å². The summed E-state index contributed by atoms with van der Waals surface area (Å²) in [6.45, 7) is 2.26. The van der Waals surface area contributed by atoms with Gasteiger partial charge in [-0.15, -0.1) is 0 Å². The van der Waals surface area contributed by atoms with Gasteiger partial charge in [-0.2, -0.15) is 0 Å². The number of para-hydroxylation sites is 1. The second-order valence-electron chi connectivity index (χ2n) is 2.84. The van der Waals surface area contributed by atoms with Crippen LogP contribution in [0.1, 0.15) is 18.9 Å². The molecule has 0 aliphatic rings. The highest BCUT2D eigenvalue weighted by molar-refractivity contribution is 5.51. The average molecular weight is 178 g/mol. The van der Waals surface area contributed by atoms with Crippen molar-refractivity contribution in [2.45, 2.75) is 19.8 Å². The van der Waals surface area contributed by atoms with E-state index >= 15 is 0 Å². The molecule has 13 heavy (non-hydrogen) atoms. The molecule has 0 unspecified atom stereocenters. The number of hydrogen-bond donors (Lipinski definition) is 0. The van der Waals surface area contributed by atoms with E-state index in [-0.39, 0.29) is 6.61 Å². The lowest BCUT2D eigenvalue weighted by Gasteiger charge is -2.07. The van der Waals surface area contributed by atoms with Gasteiger partial charge in [0.25, 0.3) is 0 Å². The van der Waals surface area contributed by atoms with Crippen LogP contribution in [0, 0.1) is 0 Å². The van der Waals surface area contributed by atoms with Gasteiger partial charge in [-0.05, 0) is 18.1 Å². The Morgan fingerprint density at radius 2 is 2.15 bits per heavy atom. The molecule has 0 aliphatic heterocycles. The van der Waals surface area contributed by atoms with Crippen molar-refractivity contribution in [2.24, 2.45) is 0 Å². The minimum Gasteiger partial charge on any atom is -0.486 e. The standard InChI is InChI=1S/C11H14O2/c1-2-5-10-6-3-4-7-11(10)13-9-8-12/h3-4,6-8H,2,5,9H2,1H3. The quantitative estimate of drug-likeness (QED) is 0.646. The first kappa shape index (κ1) is 9.78. The molecule has 2 nitrogen and oxygen atoms in total. The van der Waals surface area contributed by atoms with Crippen LogP contribution in [0.5, 0.6) is 5.75 Å². The van der Waals surface area contributed by atoms with Crippen molar-refractivity contribution in [3.8, 4) is 5.75 Å². The van der Waals surface area contributed by atoms with Crippen molar-refractivity contribution in [2.75, 3.05) is 6.61 Å². The Kier molecular flexibility index (Phi) is 4.03. The molecule has 1 rings (SSSR count). The molecule has 0 heterocycles. The van der Waals surface area contributed by atoms with Crippen molar-refractivity contribution < 1.29 is 9.53 Å². The van der Waals surface area contributed by atoms with E-state index in [4.69, 9.17) is 4.74 Å². The van der Waals surface area contributed by atoms with Crippen LogP contribution >= 0.6 is 0 Å². The minimum absolute atomic E-state index is 0.140. The normalized spacial score (nSPS) is 9.62. The zero-order valence-corrected chi connectivity index (χ0v) is 7.82. The topological polar surface area (TPSA) is 26.3 Å². The first-order valence-corrected chi connectivity index (χ1v) is 4.52. The zero-order valence-electron chi connectivity index (χ0n) is 7.82. The molecule has 2 heteroatoms. The van der Waals surface area contributed by atoms with Gasteiger partial charge in [-0.1, -0.05) is 31.5 Å². The summed E-state index contributed by atoms with van der Waals surface area (Å²) in [5.41, 5.74) is 1.17. The Balaban J connectivity index is 2.71. The summed E-state index contributed by atoms with van der Waals surface area (Å²) in [6.07, 6.45) is 2.85. The summed E-state index contributed by atoms with van der Waals surface area (Å²) >= 11 is 0. The number of aldehydes is 1. The van der Waals surface area contributed by atoms with Crippen LogP contribution in [0.3, 0.4) is 0 Å². The van der Waals surface area contributed by atoms with Gasteiger partial charge in [0.1, 0.15) is 12.4 Å². The molecule has 0 saturated heterocycles. The molecular weight excluding hydrogens is 164 g/mol. The van der Waals surface area contributed by atoms with Crippen molar-refractivity contribution in [1.82, 2.24) is 0 Å². The van der Waals surface area contributed by atoms with E-state index in [1.807, 2.05) is 24.3 Å². The van der Waals surface area contributed by atoms with Crippen LogP contribution in [0.15, 0.2) is 24.3 Å². The molecule has 0 aromatic heterocycles. The van der Waals surface area contributed by atoms with Crippen molar-refractivity contribution in [3.63, 3.8) is 0 Å². The molecule has 0 amide bonds. The SMILES string of the molecule is CCCc1ccccc1OCC=O. The average Bonchev–Trinajstić information content (AvgIpc) is 2.17. The van der Waals surface area contributed by atoms with E-state index in [1.54, 1.807) is 0 Å². The smallest absolute Gasteiger partial charge is 0.157 e. The minimum atomic E-state index is 0.140. The van der Waals surface area contributed by atoms with Gasteiger partial charge in [-0.3, -0.25) is 4.79 Å². The molecular formula is C11H14O2. The lowest BCUT2D eigenvalue weighted by atomic mass is 10.1. The van der Waals surface area contributed by atoms with Crippen LogP contribution in [0.2, 0.25) is 0 Å². The van der Waals surface area contributed by atoms with Crippen molar-refractivity contribution >= 4 is 6.29 Å². The highest BCUT2D eigenvalue weighted by atomic mass is 16.5. The molecule has 1 aromatic rings. The molecule has 0 N–H and O–H groups in total. The second kappa shape index (κ2) is 5.36. The first-order chi connectivity index (χ1) is 6.38. The summed E-state index contributed by atoms with van der Waals surface area (Å²) in [6, 6.07) is 7.83. The molecule has 0 spiro atoms. The maximum Gasteiger partial charge on any atom is 0.157 e. The number of rotatable bonds is 5. The van der Waals surface area contributed by atoms with Gasteiger partial charge in [0, 0.05) is 0 Å². The van der Waals surface area contributed by atoms with Gasteiger partial charge >= 0.3 is 0 Å². The van der Waals surface area contributed by atoms with E-state index < -0.39 is 0 Å². The summed E-state index contributed by atoms with van der Waals surface area (Å²) in [4.78, 5) is 10.1. The van der Waals surface area contributed by atoms with Gasteiger partial charge in [-0.25, -0.2) is 0 Å². The van der Waals surface area contributed by atoms with Crippen LogP contribution in [-0.2, 0) is 11.2 Å². The van der Waals surface area contributed by atoms with Gasteiger partial charge in [0.05, 0.1) is 0 Å². The van der Waals surface area contributed by atoms with E-state index in [9.17, 15) is 4.79 Å². The molecule has 1 aromatic carbocycles. The number of aryl methyl sites for hydroxylation is 1. The number of benzene rings is 1. The van der Waals surface area contributed by atoms with E-state index in [0.29, 0.717) is 0 Å². The number of ether oxygens (including phenoxy) is 1. The first-order valence-electron chi connectivity index (χ1n) is 4.52. The molecule has 0 atom stereocenters. The monoisotopic (exact) mass is 178 g/mol. The molecule has 0 fully saturated rings. The van der Waals surface area contributed by atoms with Crippen LogP contribution in [0.25, 0.3) is 0 Å². The van der Waals surface area contributed by atoms with Gasteiger partial charge < -0.3 is 4.74 Å². The van der Waals surface area contributed by atoms with E-state index in [1.165, 1.54) is 5.56 Å². The molecule has 70 valence electrons. The lowest BCUT2D eigenvalue weighted by molar-refractivity contribution is -0.109. The summed E-state index contributed by atoms with van der Waals surface area (Å²) in [5.74, 6) is 0.830. The Morgan fingerprint density at radius 3 is 2.85 bits per heavy atom. The highest BCUT2D eigenvalue weighted by Gasteiger charge is 2.00. The fraction of sp³-hybridized carbons (Fsp3) is 0.364. The fourth-order valence-corrected chi connectivity index (χ4v) is 1.24. The van der Waals surface area contributed by atoms with Gasteiger partial charge in [0.15, 0.2) is 6.29 Å². The second-order valence-corrected chi connectivity index (χ2v) is 2.84. The maximum atomic E-state index is 10.1. The third kappa shape index (κ3) is 2.90. The third-order valence-electron chi connectivity index (χ3n) is 1.80. The highest BCUT2D eigenvalue weighted by Crippen LogP contribution is 2.18. The number of carbonyl (C=O) groups is 1. The largest absolute Gasteiger partial charge is 0.486 e. The molecule has 0 bridgehead atoms. The molecule has 0 aliphatic carbocycles. The summed E-state index contributed by atoms with van der Waals surface area (Å²) in [5, 5.41) is 0. The zero-order chi connectivity index (χ0) is 9.52. The number of hydrogen-bond acceptors (Lipinski definition) is 2. The van der Waals surface area contributed by atoms with Crippen LogP contribution < -0.4 is 4.74 Å². The Labute approximate surface area is 78.5 Å². The predicted molar refractivity (Wildman–Crippen MR) is 52.0 cm³/mol. The molecule has 0 radical (unpaired) electrons. The Bertz CT molecular complexity index is 269. The Morgan fingerprint density at radius 1 is 1.38 bits per heavy atom. The maximum absolute atomic E-state index is 10.1. The summed E-state index contributed by atoms with van der Waals surface area (Å²) < 4.78 is 5.27. The van der Waals surface area contributed by atoms with Gasteiger partial charge in [0.2, 0.25) is 0 Å². The van der Waals surface area contributed by atoms with Crippen molar-refractivity contribution in [3.05, 3.63) is 29.8 Å².